The van der Waals surface area contributed by atoms with Gasteiger partial charge in [0.05, 0.1) is 12.2 Å². The Balaban J connectivity index is 2.12. The largest absolute Gasteiger partial charge is 0.384 e. The Labute approximate surface area is 97.2 Å². The third kappa shape index (κ3) is 2.38. The van der Waals surface area contributed by atoms with Gasteiger partial charge < -0.3 is 11.1 Å². The molecule has 16 heavy (non-hydrogen) atoms. The Morgan fingerprint density at radius 2 is 2.31 bits per heavy atom. The van der Waals surface area contributed by atoms with E-state index in [4.69, 9.17) is 5.73 Å². The van der Waals surface area contributed by atoms with E-state index in [0.29, 0.717) is 6.04 Å². The molecule has 0 saturated carbocycles. The van der Waals surface area contributed by atoms with Crippen LogP contribution in [0.3, 0.4) is 0 Å². The summed E-state index contributed by atoms with van der Waals surface area (Å²) in [5.74, 6) is 0.777. The molecule has 0 radical (unpaired) electrons. The normalized spacial score (nSPS) is 21.6. The zero-order valence-electron chi connectivity index (χ0n) is 10.5. The van der Waals surface area contributed by atoms with E-state index in [1.165, 1.54) is 12.8 Å². The summed E-state index contributed by atoms with van der Waals surface area (Å²) in [6.07, 6.45) is 2.49. The molecule has 1 aliphatic rings. The van der Waals surface area contributed by atoms with Gasteiger partial charge in [-0.05, 0) is 19.4 Å². The predicted molar refractivity (Wildman–Crippen MR) is 66.4 cm³/mol. The van der Waals surface area contributed by atoms with Crippen molar-refractivity contribution in [2.75, 3.05) is 12.3 Å². The van der Waals surface area contributed by atoms with Crippen LogP contribution in [0.15, 0.2) is 6.07 Å². The lowest BCUT2D eigenvalue weighted by Crippen LogP contribution is -2.28. The van der Waals surface area contributed by atoms with Gasteiger partial charge in [-0.1, -0.05) is 20.8 Å². The Morgan fingerprint density at radius 3 is 2.81 bits per heavy atom. The molecule has 0 amide bonds. The van der Waals surface area contributed by atoms with Gasteiger partial charge >= 0.3 is 0 Å². The zero-order valence-corrected chi connectivity index (χ0v) is 10.5. The van der Waals surface area contributed by atoms with Crippen molar-refractivity contribution in [2.24, 2.45) is 0 Å². The van der Waals surface area contributed by atoms with Gasteiger partial charge in [0.1, 0.15) is 5.82 Å². The lowest BCUT2D eigenvalue weighted by Gasteiger charge is -2.15. The van der Waals surface area contributed by atoms with Crippen LogP contribution in [0.1, 0.15) is 39.3 Å². The Hall–Kier alpha value is -1.03. The standard InChI is InChI=1S/C12H22N4/c1-12(2,3)10-7-11(13)16(15-10)8-9-5-4-6-14-9/h7,9,14H,4-6,8,13H2,1-3H3. The molecular weight excluding hydrogens is 200 g/mol. The first-order valence-corrected chi connectivity index (χ1v) is 6.04. The molecule has 90 valence electrons. The number of anilines is 1. The predicted octanol–water partition coefficient (Wildman–Crippen LogP) is 1.51. The summed E-state index contributed by atoms with van der Waals surface area (Å²) in [5.41, 5.74) is 7.13. The molecule has 0 aliphatic carbocycles. The molecule has 1 aromatic heterocycles. The molecule has 4 nitrogen and oxygen atoms in total. The van der Waals surface area contributed by atoms with Crippen LogP contribution in [0.25, 0.3) is 0 Å². The van der Waals surface area contributed by atoms with Crippen molar-refractivity contribution >= 4 is 5.82 Å². The van der Waals surface area contributed by atoms with Crippen LogP contribution in [0.2, 0.25) is 0 Å². The Bertz CT molecular complexity index is 356. The highest BCUT2D eigenvalue weighted by atomic mass is 15.3. The van der Waals surface area contributed by atoms with E-state index in [2.05, 4.69) is 31.2 Å². The highest BCUT2D eigenvalue weighted by Gasteiger charge is 2.21. The first-order valence-electron chi connectivity index (χ1n) is 6.04. The molecule has 2 heterocycles. The lowest BCUT2D eigenvalue weighted by atomic mass is 9.92. The maximum absolute atomic E-state index is 5.99. The quantitative estimate of drug-likeness (QED) is 0.797. The van der Waals surface area contributed by atoms with Gasteiger partial charge in [0, 0.05) is 17.5 Å². The molecule has 0 bridgehead atoms. The number of nitrogens with one attached hydrogen (secondary N) is 1. The monoisotopic (exact) mass is 222 g/mol. The van der Waals surface area contributed by atoms with Gasteiger partial charge in [0.25, 0.3) is 0 Å². The van der Waals surface area contributed by atoms with Crippen molar-refractivity contribution < 1.29 is 0 Å². The highest BCUT2D eigenvalue weighted by Crippen LogP contribution is 2.23. The van der Waals surface area contributed by atoms with E-state index >= 15 is 0 Å². The van der Waals surface area contributed by atoms with E-state index in [1.807, 2.05) is 10.7 Å². The number of nitrogen functional groups attached to an aromatic ring is 1. The Morgan fingerprint density at radius 1 is 1.56 bits per heavy atom. The van der Waals surface area contributed by atoms with Gasteiger partial charge in [-0.15, -0.1) is 0 Å². The molecule has 1 unspecified atom stereocenters. The van der Waals surface area contributed by atoms with E-state index in [0.717, 1.165) is 24.6 Å². The maximum Gasteiger partial charge on any atom is 0.122 e. The van der Waals surface area contributed by atoms with Gasteiger partial charge in [-0.2, -0.15) is 5.10 Å². The molecule has 1 saturated heterocycles. The minimum Gasteiger partial charge on any atom is -0.384 e. The summed E-state index contributed by atoms with van der Waals surface area (Å²) in [4.78, 5) is 0. The zero-order chi connectivity index (χ0) is 11.8. The van der Waals surface area contributed by atoms with E-state index in [9.17, 15) is 0 Å². The minimum atomic E-state index is 0.0719. The van der Waals surface area contributed by atoms with Crippen molar-refractivity contribution in [2.45, 2.75) is 51.6 Å². The molecule has 2 rings (SSSR count). The topological polar surface area (TPSA) is 55.9 Å². The fourth-order valence-corrected chi connectivity index (χ4v) is 2.07. The van der Waals surface area contributed by atoms with Crippen LogP contribution >= 0.6 is 0 Å². The minimum absolute atomic E-state index is 0.0719. The molecule has 1 aromatic rings. The Kier molecular flexibility index (Phi) is 2.93. The van der Waals surface area contributed by atoms with Crippen molar-refractivity contribution in [3.63, 3.8) is 0 Å². The van der Waals surface area contributed by atoms with Crippen molar-refractivity contribution in [1.82, 2.24) is 15.1 Å². The lowest BCUT2D eigenvalue weighted by molar-refractivity contribution is 0.465. The van der Waals surface area contributed by atoms with Gasteiger partial charge in [0.15, 0.2) is 0 Å². The van der Waals surface area contributed by atoms with Crippen molar-refractivity contribution in [3.8, 4) is 0 Å². The van der Waals surface area contributed by atoms with Crippen LogP contribution in [0, 0.1) is 0 Å². The number of aromatic nitrogens is 2. The summed E-state index contributed by atoms with van der Waals surface area (Å²) in [6.45, 7) is 8.49. The fourth-order valence-electron chi connectivity index (χ4n) is 2.07. The number of nitrogens with zero attached hydrogens (tertiary/aromatic N) is 2. The number of hydrogen-bond donors (Lipinski definition) is 2. The average molecular weight is 222 g/mol. The van der Waals surface area contributed by atoms with E-state index < -0.39 is 0 Å². The summed E-state index contributed by atoms with van der Waals surface area (Å²) >= 11 is 0. The summed E-state index contributed by atoms with van der Waals surface area (Å²) < 4.78 is 1.93. The number of nitrogens with two attached hydrogens (primary N) is 1. The second kappa shape index (κ2) is 4.09. The summed E-state index contributed by atoms with van der Waals surface area (Å²) in [6, 6.07) is 2.53. The third-order valence-corrected chi connectivity index (χ3v) is 3.14. The average Bonchev–Trinajstić information content (AvgIpc) is 2.76. The second-order valence-corrected chi connectivity index (χ2v) is 5.68. The van der Waals surface area contributed by atoms with Crippen LogP contribution in [0.5, 0.6) is 0 Å². The third-order valence-electron chi connectivity index (χ3n) is 3.14. The number of hydrogen-bond acceptors (Lipinski definition) is 3. The molecule has 0 spiro atoms. The first-order chi connectivity index (χ1) is 7.47. The molecule has 3 N–H and O–H groups in total. The van der Waals surface area contributed by atoms with Crippen LogP contribution in [-0.2, 0) is 12.0 Å². The second-order valence-electron chi connectivity index (χ2n) is 5.68. The number of rotatable bonds is 2. The van der Waals surface area contributed by atoms with Crippen molar-refractivity contribution in [3.05, 3.63) is 11.8 Å². The van der Waals surface area contributed by atoms with Crippen LogP contribution in [-0.4, -0.2) is 22.4 Å². The smallest absolute Gasteiger partial charge is 0.122 e. The highest BCUT2D eigenvalue weighted by molar-refractivity contribution is 5.33. The van der Waals surface area contributed by atoms with Gasteiger partial charge in [-0.25, -0.2) is 4.68 Å². The molecular formula is C12H22N4. The van der Waals surface area contributed by atoms with E-state index in [-0.39, 0.29) is 5.41 Å². The molecule has 1 atom stereocenters. The van der Waals surface area contributed by atoms with Gasteiger partial charge in [0.2, 0.25) is 0 Å². The van der Waals surface area contributed by atoms with Crippen LogP contribution < -0.4 is 11.1 Å². The molecule has 1 aliphatic heterocycles. The summed E-state index contributed by atoms with van der Waals surface area (Å²) in [7, 11) is 0. The fraction of sp³-hybridized carbons (Fsp3) is 0.750. The molecule has 4 heteroatoms. The summed E-state index contributed by atoms with van der Waals surface area (Å²) in [5, 5.41) is 8.06. The maximum atomic E-state index is 5.99. The first kappa shape index (κ1) is 11.5. The SMILES string of the molecule is CC(C)(C)c1cc(N)n(CC2CCCN2)n1. The van der Waals surface area contributed by atoms with Gasteiger partial charge in [-0.3, -0.25) is 0 Å². The molecule has 1 fully saturated rings. The van der Waals surface area contributed by atoms with Crippen LogP contribution in [0.4, 0.5) is 5.82 Å². The molecule has 0 aromatic carbocycles. The van der Waals surface area contributed by atoms with E-state index in [1.54, 1.807) is 0 Å². The van der Waals surface area contributed by atoms with Crippen molar-refractivity contribution in [1.29, 1.82) is 0 Å².